The number of ether oxygens (including phenoxy) is 2. The van der Waals surface area contributed by atoms with Crippen LogP contribution in [0.2, 0.25) is 0 Å². The van der Waals surface area contributed by atoms with E-state index in [-0.39, 0.29) is 6.03 Å². The maximum absolute atomic E-state index is 12.6. The van der Waals surface area contributed by atoms with Crippen LogP contribution in [0.1, 0.15) is 18.5 Å². The number of hydrogen-bond acceptors (Lipinski definition) is 4. The van der Waals surface area contributed by atoms with Gasteiger partial charge >= 0.3 is 6.03 Å². The third-order valence-corrected chi connectivity index (χ3v) is 4.42. The van der Waals surface area contributed by atoms with Gasteiger partial charge in [-0.15, -0.1) is 0 Å². The zero-order valence-corrected chi connectivity index (χ0v) is 13.7. The number of pyridine rings is 1. The van der Waals surface area contributed by atoms with Gasteiger partial charge in [-0.2, -0.15) is 0 Å². The van der Waals surface area contributed by atoms with Crippen molar-refractivity contribution in [2.45, 2.75) is 19.8 Å². The third kappa shape index (κ3) is 4.34. The zero-order valence-electron chi connectivity index (χ0n) is 13.7. The Balaban J connectivity index is 1.50. The number of likely N-dealkylation sites (tertiary alicyclic amines) is 1. The summed E-state index contributed by atoms with van der Waals surface area (Å²) in [6.45, 7) is 6.93. The number of rotatable bonds is 3. The Morgan fingerprint density at radius 3 is 2.96 bits per heavy atom. The summed E-state index contributed by atoms with van der Waals surface area (Å²) in [5, 5.41) is 0. The second kappa shape index (κ2) is 7.64. The third-order valence-electron chi connectivity index (χ3n) is 4.42. The first-order chi connectivity index (χ1) is 11.2. The Labute approximate surface area is 137 Å². The molecule has 2 aliphatic heterocycles. The molecule has 2 fully saturated rings. The molecule has 126 valence electrons. The molecule has 23 heavy (non-hydrogen) atoms. The van der Waals surface area contributed by atoms with Crippen molar-refractivity contribution >= 4 is 6.03 Å². The molecule has 6 nitrogen and oxygen atoms in total. The van der Waals surface area contributed by atoms with E-state index in [0.717, 1.165) is 37.4 Å². The van der Waals surface area contributed by atoms with Crippen LogP contribution in [0.25, 0.3) is 0 Å². The van der Waals surface area contributed by atoms with Crippen molar-refractivity contribution < 1.29 is 14.3 Å². The molecule has 0 bridgehead atoms. The molecule has 1 unspecified atom stereocenters. The molecule has 1 aromatic rings. The van der Waals surface area contributed by atoms with E-state index in [1.807, 2.05) is 28.9 Å². The molecule has 2 aliphatic rings. The standard InChI is InChI=1S/C17H25N3O3/c1-14-11-16(4-5-18-14)23-13-15-3-2-6-20(12-15)17(21)19-7-9-22-10-8-19/h4-5,11,15H,2-3,6-10,12-13H2,1H3. The summed E-state index contributed by atoms with van der Waals surface area (Å²) in [6, 6.07) is 3.98. The lowest BCUT2D eigenvalue weighted by molar-refractivity contribution is 0.0374. The van der Waals surface area contributed by atoms with Crippen LogP contribution in [0, 0.1) is 12.8 Å². The molecular weight excluding hydrogens is 294 g/mol. The van der Waals surface area contributed by atoms with Gasteiger partial charge in [0.05, 0.1) is 19.8 Å². The minimum Gasteiger partial charge on any atom is -0.493 e. The average molecular weight is 319 g/mol. The smallest absolute Gasteiger partial charge is 0.320 e. The van der Waals surface area contributed by atoms with E-state index >= 15 is 0 Å². The second-order valence-corrected chi connectivity index (χ2v) is 6.28. The lowest BCUT2D eigenvalue weighted by atomic mass is 9.99. The predicted molar refractivity (Wildman–Crippen MR) is 86.6 cm³/mol. The topological polar surface area (TPSA) is 54.9 Å². The molecule has 3 rings (SSSR count). The van der Waals surface area contributed by atoms with E-state index in [1.54, 1.807) is 6.20 Å². The molecule has 0 N–H and O–H groups in total. The molecule has 0 saturated carbocycles. The maximum atomic E-state index is 12.6. The highest BCUT2D eigenvalue weighted by Gasteiger charge is 2.28. The van der Waals surface area contributed by atoms with Crippen molar-refractivity contribution in [1.29, 1.82) is 0 Å². The first kappa shape index (κ1) is 16.1. The molecule has 0 aromatic carbocycles. The molecule has 0 radical (unpaired) electrons. The second-order valence-electron chi connectivity index (χ2n) is 6.28. The van der Waals surface area contributed by atoms with Crippen LogP contribution < -0.4 is 4.74 Å². The Hall–Kier alpha value is -1.82. The molecular formula is C17H25N3O3. The highest BCUT2D eigenvalue weighted by atomic mass is 16.5. The first-order valence-corrected chi connectivity index (χ1v) is 8.39. The molecule has 1 atom stereocenters. The van der Waals surface area contributed by atoms with Crippen molar-refractivity contribution in [3.8, 4) is 5.75 Å². The lowest BCUT2D eigenvalue weighted by Gasteiger charge is -2.37. The highest BCUT2D eigenvalue weighted by molar-refractivity contribution is 5.74. The van der Waals surface area contributed by atoms with Gasteiger partial charge in [-0.3, -0.25) is 4.98 Å². The fourth-order valence-electron chi connectivity index (χ4n) is 3.15. The summed E-state index contributed by atoms with van der Waals surface area (Å²) in [4.78, 5) is 20.6. The molecule has 6 heteroatoms. The fourth-order valence-corrected chi connectivity index (χ4v) is 3.15. The number of hydrogen-bond donors (Lipinski definition) is 0. The summed E-state index contributed by atoms with van der Waals surface area (Å²) in [5.74, 6) is 1.25. The van der Waals surface area contributed by atoms with Gasteiger partial charge in [-0.25, -0.2) is 4.79 Å². The van der Waals surface area contributed by atoms with Gasteiger partial charge in [0.15, 0.2) is 0 Å². The van der Waals surface area contributed by atoms with Crippen LogP contribution in [0.3, 0.4) is 0 Å². The number of amides is 2. The predicted octanol–water partition coefficient (Wildman–Crippen LogP) is 1.93. The van der Waals surface area contributed by atoms with Gasteiger partial charge in [0.2, 0.25) is 0 Å². The molecule has 0 spiro atoms. The van der Waals surface area contributed by atoms with Crippen LogP contribution in [0.4, 0.5) is 4.79 Å². The number of piperidine rings is 1. The van der Waals surface area contributed by atoms with Crippen molar-refractivity contribution in [2.24, 2.45) is 5.92 Å². The van der Waals surface area contributed by atoms with E-state index in [1.165, 1.54) is 0 Å². The van der Waals surface area contributed by atoms with Crippen molar-refractivity contribution in [1.82, 2.24) is 14.8 Å². The van der Waals surface area contributed by atoms with Crippen molar-refractivity contribution in [3.63, 3.8) is 0 Å². The zero-order chi connectivity index (χ0) is 16.1. The minimum absolute atomic E-state index is 0.151. The monoisotopic (exact) mass is 319 g/mol. The summed E-state index contributed by atoms with van der Waals surface area (Å²) in [7, 11) is 0. The van der Waals surface area contributed by atoms with Crippen molar-refractivity contribution in [2.75, 3.05) is 46.0 Å². The quantitative estimate of drug-likeness (QED) is 0.854. The van der Waals surface area contributed by atoms with Gasteiger partial charge in [-0.1, -0.05) is 0 Å². The average Bonchev–Trinajstić information content (AvgIpc) is 2.60. The lowest BCUT2D eigenvalue weighted by Crippen LogP contribution is -2.51. The molecule has 0 aliphatic carbocycles. The van der Waals surface area contributed by atoms with Crippen LogP contribution in [-0.4, -0.2) is 66.8 Å². The number of carbonyl (C=O) groups is 1. The van der Waals surface area contributed by atoms with Gasteiger partial charge in [0, 0.05) is 50.1 Å². The fraction of sp³-hybridized carbons (Fsp3) is 0.647. The number of nitrogens with zero attached hydrogens (tertiary/aromatic N) is 3. The normalized spacial score (nSPS) is 22.0. The van der Waals surface area contributed by atoms with Gasteiger partial charge in [0.1, 0.15) is 5.75 Å². The summed E-state index contributed by atoms with van der Waals surface area (Å²) >= 11 is 0. The molecule has 3 heterocycles. The number of urea groups is 1. The highest BCUT2D eigenvalue weighted by Crippen LogP contribution is 2.20. The number of aromatic nitrogens is 1. The van der Waals surface area contributed by atoms with E-state index in [4.69, 9.17) is 9.47 Å². The number of carbonyl (C=O) groups excluding carboxylic acids is 1. The first-order valence-electron chi connectivity index (χ1n) is 8.39. The number of aryl methyl sites for hydroxylation is 1. The Morgan fingerprint density at radius 1 is 1.35 bits per heavy atom. The van der Waals surface area contributed by atoms with Gasteiger partial charge in [0.25, 0.3) is 0 Å². The molecule has 2 saturated heterocycles. The summed E-state index contributed by atoms with van der Waals surface area (Å²) in [6.07, 6.45) is 3.91. The largest absolute Gasteiger partial charge is 0.493 e. The van der Waals surface area contributed by atoms with Crippen LogP contribution in [-0.2, 0) is 4.74 Å². The maximum Gasteiger partial charge on any atom is 0.320 e. The molecule has 1 aromatic heterocycles. The summed E-state index contributed by atoms with van der Waals surface area (Å²) < 4.78 is 11.2. The van der Waals surface area contributed by atoms with E-state index < -0.39 is 0 Å². The van der Waals surface area contributed by atoms with E-state index in [9.17, 15) is 4.79 Å². The van der Waals surface area contributed by atoms with Gasteiger partial charge < -0.3 is 19.3 Å². The summed E-state index contributed by atoms with van der Waals surface area (Å²) in [5.41, 5.74) is 0.954. The Morgan fingerprint density at radius 2 is 2.17 bits per heavy atom. The van der Waals surface area contributed by atoms with Crippen LogP contribution >= 0.6 is 0 Å². The van der Waals surface area contributed by atoms with E-state index in [0.29, 0.717) is 38.8 Å². The van der Waals surface area contributed by atoms with Gasteiger partial charge in [-0.05, 0) is 25.8 Å². The molecule has 2 amide bonds. The SMILES string of the molecule is Cc1cc(OCC2CCCN(C(=O)N3CCOCC3)C2)ccn1. The van der Waals surface area contributed by atoms with Crippen LogP contribution in [0.5, 0.6) is 5.75 Å². The Bertz CT molecular complexity index is 532. The minimum atomic E-state index is 0.151. The Kier molecular flexibility index (Phi) is 5.33. The number of morpholine rings is 1. The van der Waals surface area contributed by atoms with Crippen molar-refractivity contribution in [3.05, 3.63) is 24.0 Å². The van der Waals surface area contributed by atoms with Crippen LogP contribution in [0.15, 0.2) is 18.3 Å². The van der Waals surface area contributed by atoms with E-state index in [2.05, 4.69) is 4.98 Å².